The van der Waals surface area contributed by atoms with Crippen molar-refractivity contribution in [3.63, 3.8) is 0 Å². The number of halogens is 3. The van der Waals surface area contributed by atoms with Gasteiger partial charge in [-0.3, -0.25) is 4.57 Å². The van der Waals surface area contributed by atoms with Crippen molar-refractivity contribution in [2.24, 2.45) is 5.11 Å². The Bertz CT molecular complexity index is 492. The van der Waals surface area contributed by atoms with Gasteiger partial charge in [-0.05, 0) is 11.6 Å². The maximum Gasteiger partial charge on any atom is 0.399 e. The van der Waals surface area contributed by atoms with Crippen molar-refractivity contribution in [1.82, 2.24) is 0 Å². The van der Waals surface area contributed by atoms with Gasteiger partial charge in [-0.15, -0.1) is 0 Å². The molecule has 9 heteroatoms. The number of nitrogens with one attached hydrogen (secondary N) is 1. The average Bonchev–Trinajstić information content (AvgIpc) is 2.16. The van der Waals surface area contributed by atoms with Crippen LogP contribution in [0.3, 0.4) is 0 Å². The first kappa shape index (κ1) is 14.4. The zero-order valence-corrected chi connectivity index (χ0v) is 10.8. The summed E-state index contributed by atoms with van der Waals surface area (Å²) in [6.45, 7) is 0.0142. The lowest BCUT2D eigenvalue weighted by molar-refractivity contribution is 0.0557. The van der Waals surface area contributed by atoms with Crippen LogP contribution in [0.1, 0.15) is 11.1 Å². The van der Waals surface area contributed by atoms with E-state index in [0.717, 1.165) is 6.07 Å². The molecule has 3 N–H and O–H groups in total. The molecule has 1 aromatic rings. The summed E-state index contributed by atoms with van der Waals surface area (Å²) in [5, 5.41) is 3.08. The number of alkyl halides is 2. The summed E-state index contributed by atoms with van der Waals surface area (Å²) in [5.74, 6) is 0. The largest absolute Gasteiger partial charge is 0.399 e. The molecular weight excluding hydrogens is 321 g/mol. The SMILES string of the molecule is N=NCc1ccc(C(F)(F)P(=O)(O)O)c(Br)c1. The van der Waals surface area contributed by atoms with Crippen LogP contribution in [0, 0.1) is 5.53 Å². The normalized spacial score (nSPS) is 12.5. The van der Waals surface area contributed by atoms with Crippen LogP contribution in [0.5, 0.6) is 0 Å². The van der Waals surface area contributed by atoms with Crippen molar-refractivity contribution in [3.8, 4) is 0 Å². The van der Waals surface area contributed by atoms with Gasteiger partial charge in [-0.1, -0.05) is 28.1 Å². The van der Waals surface area contributed by atoms with Crippen molar-refractivity contribution in [2.45, 2.75) is 12.2 Å². The summed E-state index contributed by atoms with van der Waals surface area (Å²) < 4.78 is 37.3. The van der Waals surface area contributed by atoms with Crippen LogP contribution in [0.15, 0.2) is 27.8 Å². The fourth-order valence-electron chi connectivity index (χ4n) is 1.15. The molecule has 0 aliphatic heterocycles. The molecule has 0 aliphatic carbocycles. The Hall–Kier alpha value is -0.690. The Morgan fingerprint density at radius 1 is 1.47 bits per heavy atom. The van der Waals surface area contributed by atoms with E-state index in [1.54, 1.807) is 0 Å². The predicted octanol–water partition coefficient (Wildman–Crippen LogP) is 3.21. The molecule has 0 fully saturated rings. The molecular formula is C8H8BrF2N2O3P. The summed E-state index contributed by atoms with van der Waals surface area (Å²) in [4.78, 5) is 17.2. The zero-order valence-electron chi connectivity index (χ0n) is 8.27. The summed E-state index contributed by atoms with van der Waals surface area (Å²) in [5.41, 5.74) is 2.07. The molecule has 0 radical (unpaired) electrons. The topological polar surface area (TPSA) is 93.7 Å². The third kappa shape index (κ3) is 2.95. The molecule has 0 spiro atoms. The summed E-state index contributed by atoms with van der Waals surface area (Å²) in [6, 6.07) is 3.39. The Labute approximate surface area is 104 Å². The van der Waals surface area contributed by atoms with Gasteiger partial charge in [0.1, 0.15) is 0 Å². The van der Waals surface area contributed by atoms with Crippen LogP contribution in [0.4, 0.5) is 8.78 Å². The van der Waals surface area contributed by atoms with E-state index in [1.807, 2.05) is 0 Å². The Morgan fingerprint density at radius 2 is 2.06 bits per heavy atom. The van der Waals surface area contributed by atoms with Crippen molar-refractivity contribution < 1.29 is 23.1 Å². The fourth-order valence-corrected chi connectivity index (χ4v) is 2.49. The first-order valence-electron chi connectivity index (χ1n) is 4.25. The predicted molar refractivity (Wildman–Crippen MR) is 58.9 cm³/mol. The molecule has 0 unspecified atom stereocenters. The van der Waals surface area contributed by atoms with Crippen LogP contribution >= 0.6 is 23.5 Å². The van der Waals surface area contributed by atoms with Gasteiger partial charge in [0, 0.05) is 10.0 Å². The van der Waals surface area contributed by atoms with E-state index in [-0.39, 0.29) is 11.0 Å². The lowest BCUT2D eigenvalue weighted by atomic mass is 10.1. The van der Waals surface area contributed by atoms with Crippen LogP contribution in [-0.4, -0.2) is 9.79 Å². The van der Waals surface area contributed by atoms with Gasteiger partial charge in [-0.2, -0.15) is 13.9 Å². The number of hydrogen-bond acceptors (Lipinski definition) is 3. The smallest absolute Gasteiger partial charge is 0.320 e. The molecule has 0 heterocycles. The number of benzene rings is 1. The van der Waals surface area contributed by atoms with E-state index in [9.17, 15) is 13.3 Å². The second-order valence-corrected chi connectivity index (χ2v) is 5.72. The Kier molecular flexibility index (Phi) is 4.14. The standard InChI is InChI=1S/C8H8BrF2N2O3P/c9-7-3-5(4-13-12)1-2-6(7)8(10,11)17(14,15)16/h1-3,12H,4H2,(H2,14,15,16). The summed E-state index contributed by atoms with van der Waals surface area (Å²) in [7, 11) is -5.57. The number of rotatable bonds is 4. The molecule has 0 bridgehead atoms. The van der Waals surface area contributed by atoms with Gasteiger partial charge >= 0.3 is 13.3 Å². The minimum absolute atomic E-state index is 0.0142. The van der Waals surface area contributed by atoms with E-state index in [2.05, 4.69) is 21.0 Å². The van der Waals surface area contributed by atoms with Crippen LogP contribution < -0.4 is 0 Å². The third-order valence-electron chi connectivity index (χ3n) is 1.99. The third-order valence-corrected chi connectivity index (χ3v) is 3.61. The maximum atomic E-state index is 13.4. The Morgan fingerprint density at radius 3 is 2.47 bits per heavy atom. The fraction of sp³-hybridized carbons (Fsp3) is 0.250. The van der Waals surface area contributed by atoms with E-state index in [1.165, 1.54) is 12.1 Å². The highest BCUT2D eigenvalue weighted by atomic mass is 79.9. The lowest BCUT2D eigenvalue weighted by Crippen LogP contribution is -2.14. The summed E-state index contributed by atoms with van der Waals surface area (Å²) >= 11 is 2.82. The van der Waals surface area contributed by atoms with Gasteiger partial charge < -0.3 is 9.79 Å². The van der Waals surface area contributed by atoms with Gasteiger partial charge in [0.25, 0.3) is 0 Å². The van der Waals surface area contributed by atoms with E-state index in [4.69, 9.17) is 15.3 Å². The van der Waals surface area contributed by atoms with Crippen molar-refractivity contribution in [2.75, 3.05) is 0 Å². The number of hydrogen-bond donors (Lipinski definition) is 3. The molecule has 0 aliphatic rings. The van der Waals surface area contributed by atoms with Crippen molar-refractivity contribution >= 4 is 23.5 Å². The second-order valence-electron chi connectivity index (χ2n) is 3.22. The van der Waals surface area contributed by atoms with Crippen LogP contribution in [0.2, 0.25) is 0 Å². The molecule has 5 nitrogen and oxygen atoms in total. The molecule has 0 aromatic heterocycles. The zero-order chi connectivity index (χ0) is 13.3. The van der Waals surface area contributed by atoms with E-state index in [0.29, 0.717) is 5.56 Å². The van der Waals surface area contributed by atoms with Gasteiger partial charge in [0.15, 0.2) is 0 Å². The molecule has 0 amide bonds. The van der Waals surface area contributed by atoms with Crippen molar-refractivity contribution in [3.05, 3.63) is 33.8 Å². The molecule has 17 heavy (non-hydrogen) atoms. The molecule has 94 valence electrons. The van der Waals surface area contributed by atoms with Gasteiger partial charge in [-0.25, -0.2) is 5.53 Å². The maximum absolute atomic E-state index is 13.4. The van der Waals surface area contributed by atoms with E-state index >= 15 is 0 Å². The highest BCUT2D eigenvalue weighted by molar-refractivity contribution is 9.10. The molecule has 1 rings (SSSR count). The first-order chi connectivity index (χ1) is 7.70. The summed E-state index contributed by atoms with van der Waals surface area (Å²) in [6.07, 6.45) is 0. The number of nitrogens with zero attached hydrogens (tertiary/aromatic N) is 1. The molecule has 0 atom stereocenters. The molecule has 1 aromatic carbocycles. The van der Waals surface area contributed by atoms with E-state index < -0.39 is 18.8 Å². The minimum Gasteiger partial charge on any atom is -0.320 e. The average molecular weight is 329 g/mol. The Balaban J connectivity index is 3.25. The quantitative estimate of drug-likeness (QED) is 0.585. The molecule has 0 saturated heterocycles. The van der Waals surface area contributed by atoms with Crippen LogP contribution in [-0.2, 0) is 16.8 Å². The van der Waals surface area contributed by atoms with Crippen LogP contribution in [0.25, 0.3) is 0 Å². The van der Waals surface area contributed by atoms with Gasteiger partial charge in [0.05, 0.1) is 6.54 Å². The lowest BCUT2D eigenvalue weighted by Gasteiger charge is -2.19. The minimum atomic E-state index is -5.57. The van der Waals surface area contributed by atoms with Crippen molar-refractivity contribution in [1.29, 1.82) is 5.53 Å². The monoisotopic (exact) mass is 328 g/mol. The highest BCUT2D eigenvalue weighted by Crippen LogP contribution is 2.60. The molecule has 0 saturated carbocycles. The van der Waals surface area contributed by atoms with Gasteiger partial charge in [0.2, 0.25) is 0 Å². The second kappa shape index (κ2) is 4.89. The first-order valence-corrected chi connectivity index (χ1v) is 6.66. The highest BCUT2D eigenvalue weighted by Gasteiger charge is 2.51.